The molecule has 0 aliphatic carbocycles. The Labute approximate surface area is 210 Å². The van der Waals surface area contributed by atoms with E-state index >= 15 is 0 Å². The van der Waals surface area contributed by atoms with E-state index in [0.29, 0.717) is 64.8 Å². The van der Waals surface area contributed by atoms with E-state index in [-0.39, 0.29) is 31.3 Å². The second-order valence-corrected chi connectivity index (χ2v) is 8.54. The van der Waals surface area contributed by atoms with Gasteiger partial charge in [0.15, 0.2) is 0 Å². The number of aliphatic carboxylic acids is 1. The van der Waals surface area contributed by atoms with Crippen LogP contribution in [0.25, 0.3) is 0 Å². The lowest BCUT2D eigenvalue weighted by molar-refractivity contribution is -0.139. The molecule has 2 heterocycles. The SMILES string of the molecule is O=C(O)CCOCCOCCOCCOCCCc1cccc2c1CN(C1CCC(=O)NC1=O)C2=O. The van der Waals surface area contributed by atoms with Crippen molar-refractivity contribution in [2.45, 2.75) is 44.7 Å². The van der Waals surface area contributed by atoms with Gasteiger partial charge in [0, 0.05) is 25.1 Å². The van der Waals surface area contributed by atoms with Gasteiger partial charge >= 0.3 is 5.97 Å². The maximum Gasteiger partial charge on any atom is 0.305 e. The van der Waals surface area contributed by atoms with E-state index in [1.54, 1.807) is 11.0 Å². The van der Waals surface area contributed by atoms with E-state index in [1.807, 2.05) is 12.1 Å². The molecule has 1 aromatic carbocycles. The van der Waals surface area contributed by atoms with Crippen LogP contribution in [0.5, 0.6) is 0 Å². The first kappa shape index (κ1) is 27.7. The molecular weight excluding hydrogens is 472 g/mol. The van der Waals surface area contributed by atoms with Crippen LogP contribution < -0.4 is 5.32 Å². The second kappa shape index (κ2) is 14.6. The number of amides is 3. The van der Waals surface area contributed by atoms with E-state index in [2.05, 4.69) is 5.32 Å². The number of carboxylic acid groups (broad SMARTS) is 1. The normalized spacial score (nSPS) is 17.4. The van der Waals surface area contributed by atoms with Gasteiger partial charge in [-0.05, 0) is 36.5 Å². The molecule has 1 unspecified atom stereocenters. The summed E-state index contributed by atoms with van der Waals surface area (Å²) in [6.45, 7) is 3.63. The largest absolute Gasteiger partial charge is 0.481 e. The number of carbonyl (C=O) groups is 4. The highest BCUT2D eigenvalue weighted by Gasteiger charge is 2.39. The van der Waals surface area contributed by atoms with E-state index in [0.717, 1.165) is 24.0 Å². The first-order valence-corrected chi connectivity index (χ1v) is 12.3. The second-order valence-electron chi connectivity index (χ2n) is 8.54. The highest BCUT2D eigenvalue weighted by molar-refractivity contribution is 6.05. The summed E-state index contributed by atoms with van der Waals surface area (Å²) in [6.07, 6.45) is 2.11. The Morgan fingerprint density at radius 1 is 0.944 bits per heavy atom. The lowest BCUT2D eigenvalue weighted by Gasteiger charge is -2.29. The summed E-state index contributed by atoms with van der Waals surface area (Å²) in [5.74, 6) is -1.75. The van der Waals surface area contributed by atoms with Crippen LogP contribution in [0.4, 0.5) is 0 Å². The minimum Gasteiger partial charge on any atom is -0.481 e. The van der Waals surface area contributed by atoms with Crippen molar-refractivity contribution in [2.75, 3.05) is 52.9 Å². The number of imide groups is 1. The zero-order valence-electron chi connectivity index (χ0n) is 20.4. The number of ether oxygens (including phenoxy) is 4. The third-order valence-corrected chi connectivity index (χ3v) is 5.99. The lowest BCUT2D eigenvalue weighted by Crippen LogP contribution is -2.52. The zero-order valence-corrected chi connectivity index (χ0v) is 20.4. The summed E-state index contributed by atoms with van der Waals surface area (Å²) in [5.41, 5.74) is 2.64. The van der Waals surface area contributed by atoms with Crippen molar-refractivity contribution in [1.29, 1.82) is 0 Å². The number of rotatable bonds is 17. The summed E-state index contributed by atoms with van der Waals surface area (Å²) in [7, 11) is 0. The number of hydrogen-bond acceptors (Lipinski definition) is 8. The summed E-state index contributed by atoms with van der Waals surface area (Å²) in [4.78, 5) is 48.5. The Morgan fingerprint density at radius 3 is 2.22 bits per heavy atom. The maximum atomic E-state index is 12.9. The van der Waals surface area contributed by atoms with Crippen LogP contribution in [-0.4, -0.2) is 92.6 Å². The van der Waals surface area contributed by atoms with Gasteiger partial charge in [-0.25, -0.2) is 0 Å². The molecule has 0 bridgehead atoms. The van der Waals surface area contributed by atoms with Crippen LogP contribution in [0.15, 0.2) is 18.2 Å². The Kier molecular flexibility index (Phi) is 11.3. The Balaban J connectivity index is 1.25. The molecule has 0 aromatic heterocycles. The highest BCUT2D eigenvalue weighted by Crippen LogP contribution is 2.30. The van der Waals surface area contributed by atoms with Crippen molar-refractivity contribution < 1.29 is 43.2 Å². The smallest absolute Gasteiger partial charge is 0.305 e. The van der Waals surface area contributed by atoms with Crippen molar-refractivity contribution in [3.8, 4) is 0 Å². The number of piperidine rings is 1. The molecule has 11 heteroatoms. The van der Waals surface area contributed by atoms with E-state index in [1.165, 1.54) is 0 Å². The molecule has 0 spiro atoms. The maximum absolute atomic E-state index is 12.9. The van der Waals surface area contributed by atoms with Gasteiger partial charge in [0.25, 0.3) is 5.91 Å². The van der Waals surface area contributed by atoms with Crippen LogP contribution in [0.2, 0.25) is 0 Å². The van der Waals surface area contributed by atoms with Crippen molar-refractivity contribution in [3.63, 3.8) is 0 Å². The highest BCUT2D eigenvalue weighted by atomic mass is 16.6. The monoisotopic (exact) mass is 506 g/mol. The number of fused-ring (bicyclic) bond motifs is 1. The zero-order chi connectivity index (χ0) is 25.8. The molecular formula is C25H34N2O9. The molecule has 3 amide bonds. The van der Waals surface area contributed by atoms with Gasteiger partial charge in [0.1, 0.15) is 6.04 Å². The number of hydrogen-bond donors (Lipinski definition) is 2. The van der Waals surface area contributed by atoms with Gasteiger partial charge in [0.05, 0.1) is 52.7 Å². The molecule has 198 valence electrons. The average molecular weight is 507 g/mol. The van der Waals surface area contributed by atoms with Crippen LogP contribution in [0.3, 0.4) is 0 Å². The van der Waals surface area contributed by atoms with Crippen LogP contribution in [-0.2, 0) is 46.3 Å². The fourth-order valence-corrected chi connectivity index (χ4v) is 4.17. The number of aryl methyl sites for hydroxylation is 1. The summed E-state index contributed by atoms with van der Waals surface area (Å²) >= 11 is 0. The molecule has 0 saturated carbocycles. The standard InChI is InChI=1S/C25H34N2O9/c28-22-7-6-21(24(31)26-22)27-17-20-18(3-1-5-19(20)25(27)32)4-2-9-33-11-13-35-15-16-36-14-12-34-10-8-23(29)30/h1,3,5,21H,2,4,6-17H2,(H,29,30)(H,26,28,31). The summed E-state index contributed by atoms with van der Waals surface area (Å²) in [5, 5.41) is 10.8. The van der Waals surface area contributed by atoms with Gasteiger partial charge in [-0.2, -0.15) is 0 Å². The molecule has 1 atom stereocenters. The molecule has 3 rings (SSSR count). The van der Waals surface area contributed by atoms with E-state index in [9.17, 15) is 19.2 Å². The molecule has 1 fully saturated rings. The molecule has 11 nitrogen and oxygen atoms in total. The predicted octanol–water partition coefficient (Wildman–Crippen LogP) is 0.921. The number of nitrogens with one attached hydrogen (secondary N) is 1. The molecule has 2 aliphatic heterocycles. The predicted molar refractivity (Wildman–Crippen MR) is 126 cm³/mol. The number of benzene rings is 1. The minimum absolute atomic E-state index is 0.0144. The quantitative estimate of drug-likeness (QED) is 0.233. The average Bonchev–Trinajstić information content (AvgIpc) is 3.18. The van der Waals surface area contributed by atoms with Crippen molar-refractivity contribution in [3.05, 3.63) is 34.9 Å². The fourth-order valence-electron chi connectivity index (χ4n) is 4.17. The van der Waals surface area contributed by atoms with Gasteiger partial charge in [0.2, 0.25) is 11.8 Å². The number of carbonyl (C=O) groups excluding carboxylic acids is 3. The van der Waals surface area contributed by atoms with Crippen molar-refractivity contribution in [1.82, 2.24) is 10.2 Å². The van der Waals surface area contributed by atoms with Crippen LogP contribution in [0, 0.1) is 0 Å². The Hall–Kier alpha value is -2.86. The molecule has 2 aliphatic rings. The van der Waals surface area contributed by atoms with Gasteiger partial charge < -0.3 is 29.0 Å². The molecule has 1 saturated heterocycles. The van der Waals surface area contributed by atoms with Crippen molar-refractivity contribution >= 4 is 23.7 Å². The first-order chi connectivity index (χ1) is 17.5. The van der Waals surface area contributed by atoms with Gasteiger partial charge in [-0.3, -0.25) is 24.5 Å². The minimum atomic E-state index is -0.884. The van der Waals surface area contributed by atoms with Crippen molar-refractivity contribution in [2.24, 2.45) is 0 Å². The van der Waals surface area contributed by atoms with Crippen LogP contribution >= 0.6 is 0 Å². The molecule has 0 radical (unpaired) electrons. The Morgan fingerprint density at radius 2 is 1.58 bits per heavy atom. The fraction of sp³-hybridized carbons (Fsp3) is 0.600. The molecule has 36 heavy (non-hydrogen) atoms. The number of carboxylic acids is 1. The van der Waals surface area contributed by atoms with Crippen LogP contribution in [0.1, 0.15) is 47.2 Å². The topological polar surface area (TPSA) is 141 Å². The summed E-state index contributed by atoms with van der Waals surface area (Å²) < 4.78 is 21.5. The third-order valence-electron chi connectivity index (χ3n) is 5.99. The third kappa shape index (κ3) is 8.37. The number of nitrogens with zero attached hydrogens (tertiary/aromatic N) is 1. The summed E-state index contributed by atoms with van der Waals surface area (Å²) in [6, 6.07) is 5.04. The molecule has 2 N–H and O–H groups in total. The first-order valence-electron chi connectivity index (χ1n) is 12.3. The van der Waals surface area contributed by atoms with Gasteiger partial charge in [-0.1, -0.05) is 12.1 Å². The Bertz CT molecular complexity index is 921. The van der Waals surface area contributed by atoms with Gasteiger partial charge in [-0.15, -0.1) is 0 Å². The van der Waals surface area contributed by atoms with E-state index in [4.69, 9.17) is 24.1 Å². The molecule has 1 aromatic rings. The van der Waals surface area contributed by atoms with E-state index < -0.39 is 17.9 Å². The lowest BCUT2D eigenvalue weighted by atomic mass is 10.00.